The molecular formula is C10H14O2. The first-order chi connectivity index (χ1) is 5.61. The minimum Gasteiger partial charge on any atom is -0.465 e. The summed E-state index contributed by atoms with van der Waals surface area (Å²) in [7, 11) is 0. The summed E-state index contributed by atoms with van der Waals surface area (Å²) < 4.78 is 5.18. The number of aliphatic hydroxyl groups excluding tert-OH is 1. The maximum atomic E-state index is 9.00. The van der Waals surface area contributed by atoms with Crippen LogP contribution in [0.1, 0.15) is 18.1 Å². The van der Waals surface area contributed by atoms with E-state index in [0.717, 1.165) is 11.3 Å². The van der Waals surface area contributed by atoms with Crippen molar-refractivity contribution in [3.05, 3.63) is 29.3 Å². The molecular weight excluding hydrogens is 152 g/mol. The van der Waals surface area contributed by atoms with Crippen LogP contribution in [-0.4, -0.2) is 11.4 Å². The minimum atomic E-state index is -0.745. The van der Waals surface area contributed by atoms with Crippen molar-refractivity contribution in [2.75, 3.05) is 0 Å². The van der Waals surface area contributed by atoms with Gasteiger partial charge in [0.05, 0.1) is 0 Å². The zero-order valence-electron chi connectivity index (χ0n) is 7.66. The van der Waals surface area contributed by atoms with Gasteiger partial charge in [0.2, 0.25) is 0 Å². The van der Waals surface area contributed by atoms with Crippen LogP contribution in [-0.2, 0) is 0 Å². The van der Waals surface area contributed by atoms with Crippen molar-refractivity contribution in [1.82, 2.24) is 0 Å². The molecule has 12 heavy (non-hydrogen) atoms. The molecule has 1 aromatic carbocycles. The lowest BCUT2D eigenvalue weighted by molar-refractivity contribution is -0.000836. The van der Waals surface area contributed by atoms with Gasteiger partial charge in [-0.1, -0.05) is 12.1 Å². The van der Waals surface area contributed by atoms with Crippen LogP contribution in [0.15, 0.2) is 18.2 Å². The van der Waals surface area contributed by atoms with Gasteiger partial charge in [0.15, 0.2) is 6.29 Å². The zero-order chi connectivity index (χ0) is 9.14. The largest absolute Gasteiger partial charge is 0.465 e. The van der Waals surface area contributed by atoms with E-state index < -0.39 is 6.29 Å². The van der Waals surface area contributed by atoms with E-state index in [1.165, 1.54) is 5.56 Å². The van der Waals surface area contributed by atoms with Crippen molar-refractivity contribution in [2.45, 2.75) is 27.1 Å². The quantitative estimate of drug-likeness (QED) is 0.681. The molecule has 0 saturated carbocycles. The summed E-state index contributed by atoms with van der Waals surface area (Å²) in [5, 5.41) is 9.00. The highest BCUT2D eigenvalue weighted by Gasteiger charge is 2.03. The normalized spacial score (nSPS) is 12.7. The van der Waals surface area contributed by atoms with Gasteiger partial charge in [-0.25, -0.2) is 0 Å². The molecule has 66 valence electrons. The van der Waals surface area contributed by atoms with Crippen molar-refractivity contribution in [1.29, 1.82) is 0 Å². The lowest BCUT2D eigenvalue weighted by Crippen LogP contribution is -2.10. The van der Waals surface area contributed by atoms with Gasteiger partial charge >= 0.3 is 0 Å². The van der Waals surface area contributed by atoms with Gasteiger partial charge in [-0.2, -0.15) is 0 Å². The van der Waals surface area contributed by atoms with E-state index in [-0.39, 0.29) is 0 Å². The predicted octanol–water partition coefficient (Wildman–Crippen LogP) is 2.02. The zero-order valence-corrected chi connectivity index (χ0v) is 7.66. The third kappa shape index (κ3) is 1.98. The summed E-state index contributed by atoms with van der Waals surface area (Å²) in [5.41, 5.74) is 2.26. The van der Waals surface area contributed by atoms with Crippen molar-refractivity contribution in [2.24, 2.45) is 0 Å². The smallest absolute Gasteiger partial charge is 0.194 e. The molecule has 0 aliphatic carbocycles. The molecule has 0 saturated heterocycles. The van der Waals surface area contributed by atoms with Crippen molar-refractivity contribution >= 4 is 0 Å². The number of hydrogen-bond acceptors (Lipinski definition) is 2. The number of hydrogen-bond donors (Lipinski definition) is 1. The topological polar surface area (TPSA) is 29.5 Å². The Labute approximate surface area is 72.8 Å². The molecule has 0 bridgehead atoms. The highest BCUT2D eigenvalue weighted by molar-refractivity contribution is 5.38. The molecule has 0 fully saturated rings. The van der Waals surface area contributed by atoms with Gasteiger partial charge in [-0.3, -0.25) is 0 Å². The van der Waals surface area contributed by atoms with Crippen LogP contribution in [0.25, 0.3) is 0 Å². The third-order valence-electron chi connectivity index (χ3n) is 1.85. The van der Waals surface area contributed by atoms with E-state index in [1.807, 2.05) is 32.0 Å². The standard InChI is InChI=1S/C10H14O2/c1-7-5-4-6-10(8(7)2)12-9(3)11/h4-6,9,11H,1-3H3. The molecule has 2 nitrogen and oxygen atoms in total. The molecule has 0 heterocycles. The number of rotatable bonds is 2. The van der Waals surface area contributed by atoms with Gasteiger partial charge in [-0.15, -0.1) is 0 Å². The van der Waals surface area contributed by atoms with E-state index in [0.29, 0.717) is 0 Å². The Hall–Kier alpha value is -1.02. The lowest BCUT2D eigenvalue weighted by atomic mass is 10.1. The molecule has 0 amide bonds. The number of ether oxygens (including phenoxy) is 1. The van der Waals surface area contributed by atoms with Crippen LogP contribution in [0.5, 0.6) is 5.75 Å². The average molecular weight is 166 g/mol. The molecule has 1 rings (SSSR count). The van der Waals surface area contributed by atoms with Crippen LogP contribution in [0.4, 0.5) is 0 Å². The van der Waals surface area contributed by atoms with Gasteiger partial charge in [0, 0.05) is 0 Å². The summed E-state index contributed by atoms with van der Waals surface area (Å²) in [6.45, 7) is 5.60. The first-order valence-corrected chi connectivity index (χ1v) is 4.02. The SMILES string of the molecule is Cc1cccc(OC(C)O)c1C. The number of aryl methyl sites for hydroxylation is 1. The Balaban J connectivity index is 2.92. The highest BCUT2D eigenvalue weighted by atomic mass is 16.6. The second kappa shape index (κ2) is 3.59. The van der Waals surface area contributed by atoms with Crippen LogP contribution >= 0.6 is 0 Å². The summed E-state index contributed by atoms with van der Waals surface area (Å²) in [5.74, 6) is 0.755. The maximum absolute atomic E-state index is 9.00. The van der Waals surface area contributed by atoms with Crippen LogP contribution in [0.3, 0.4) is 0 Å². The highest BCUT2D eigenvalue weighted by Crippen LogP contribution is 2.20. The van der Waals surface area contributed by atoms with Gasteiger partial charge < -0.3 is 9.84 Å². The Bertz CT molecular complexity index is 267. The first-order valence-electron chi connectivity index (χ1n) is 4.02. The number of aliphatic hydroxyl groups is 1. The number of benzene rings is 1. The van der Waals surface area contributed by atoms with Gasteiger partial charge in [-0.05, 0) is 38.0 Å². The predicted molar refractivity (Wildman–Crippen MR) is 48.2 cm³/mol. The van der Waals surface area contributed by atoms with Crippen LogP contribution in [0, 0.1) is 13.8 Å². The third-order valence-corrected chi connectivity index (χ3v) is 1.85. The monoisotopic (exact) mass is 166 g/mol. The summed E-state index contributed by atoms with van der Waals surface area (Å²) >= 11 is 0. The fourth-order valence-electron chi connectivity index (χ4n) is 1.04. The molecule has 1 aromatic rings. The Morgan fingerprint density at radius 1 is 1.33 bits per heavy atom. The van der Waals surface area contributed by atoms with Crippen LogP contribution < -0.4 is 4.74 Å². The lowest BCUT2D eigenvalue weighted by Gasteiger charge is -2.12. The Kier molecular flexibility index (Phi) is 2.71. The summed E-state index contributed by atoms with van der Waals surface area (Å²) in [6, 6.07) is 5.79. The average Bonchev–Trinajstić information content (AvgIpc) is 1.98. The molecule has 1 atom stereocenters. The molecule has 0 radical (unpaired) electrons. The minimum absolute atomic E-state index is 0.745. The van der Waals surface area contributed by atoms with Crippen molar-refractivity contribution in [3.63, 3.8) is 0 Å². The molecule has 2 heteroatoms. The molecule has 1 unspecified atom stereocenters. The molecule has 1 N–H and O–H groups in total. The van der Waals surface area contributed by atoms with E-state index in [1.54, 1.807) is 6.92 Å². The van der Waals surface area contributed by atoms with E-state index in [9.17, 15) is 0 Å². The Morgan fingerprint density at radius 2 is 2.00 bits per heavy atom. The van der Waals surface area contributed by atoms with Gasteiger partial charge in [0.25, 0.3) is 0 Å². The second-order valence-corrected chi connectivity index (χ2v) is 2.92. The summed E-state index contributed by atoms with van der Waals surface area (Å²) in [6.07, 6.45) is -0.745. The van der Waals surface area contributed by atoms with Crippen molar-refractivity contribution in [3.8, 4) is 5.75 Å². The van der Waals surface area contributed by atoms with Gasteiger partial charge in [0.1, 0.15) is 5.75 Å². The van der Waals surface area contributed by atoms with E-state index >= 15 is 0 Å². The van der Waals surface area contributed by atoms with E-state index in [4.69, 9.17) is 9.84 Å². The fraction of sp³-hybridized carbons (Fsp3) is 0.400. The Morgan fingerprint density at radius 3 is 2.58 bits per heavy atom. The maximum Gasteiger partial charge on any atom is 0.194 e. The van der Waals surface area contributed by atoms with Crippen LogP contribution in [0.2, 0.25) is 0 Å². The molecule has 0 aromatic heterocycles. The molecule has 0 aliphatic heterocycles. The van der Waals surface area contributed by atoms with Crippen molar-refractivity contribution < 1.29 is 9.84 Å². The van der Waals surface area contributed by atoms with E-state index in [2.05, 4.69) is 0 Å². The first kappa shape index (κ1) is 9.07. The molecule has 0 aliphatic rings. The fourth-order valence-corrected chi connectivity index (χ4v) is 1.04. The second-order valence-electron chi connectivity index (χ2n) is 2.92. The molecule has 0 spiro atoms. The summed E-state index contributed by atoms with van der Waals surface area (Å²) in [4.78, 5) is 0.